The summed E-state index contributed by atoms with van der Waals surface area (Å²) >= 11 is 1.73. The Labute approximate surface area is 101 Å². The fraction of sp³-hybridized carbons (Fsp3) is 0.692. The second kappa shape index (κ2) is 4.55. The van der Waals surface area contributed by atoms with E-state index in [-0.39, 0.29) is 0 Å². The largest absolute Gasteiger partial charge is 0.245 e. The third-order valence-electron chi connectivity index (χ3n) is 3.52. The Morgan fingerprint density at radius 2 is 2.19 bits per heavy atom. The van der Waals surface area contributed by atoms with Gasteiger partial charge in [-0.1, -0.05) is 13.8 Å². The van der Waals surface area contributed by atoms with E-state index in [1.165, 1.54) is 30.7 Å². The Bertz CT molecular complexity index is 390. The Morgan fingerprint density at radius 3 is 2.81 bits per heavy atom. The van der Waals surface area contributed by atoms with Crippen LogP contribution in [0.2, 0.25) is 0 Å². The topological polar surface area (TPSA) is 36.7 Å². The Hall–Kier alpha value is -0.880. The summed E-state index contributed by atoms with van der Waals surface area (Å²) in [5.74, 6) is 0.644. The summed E-state index contributed by atoms with van der Waals surface area (Å²) in [6.45, 7) is 4.71. The van der Waals surface area contributed by atoms with E-state index >= 15 is 0 Å². The highest BCUT2D eigenvalue weighted by molar-refractivity contribution is 7.09. The van der Waals surface area contributed by atoms with Crippen molar-refractivity contribution < 1.29 is 0 Å². The van der Waals surface area contributed by atoms with E-state index in [1.54, 1.807) is 11.3 Å². The van der Waals surface area contributed by atoms with Crippen LogP contribution >= 0.6 is 11.3 Å². The molecule has 2 rings (SSSR count). The highest BCUT2D eigenvalue weighted by Crippen LogP contribution is 2.42. The molecule has 0 radical (unpaired) electrons. The minimum Gasteiger partial charge on any atom is -0.245 e. The third-order valence-corrected chi connectivity index (χ3v) is 4.57. The van der Waals surface area contributed by atoms with Crippen molar-refractivity contribution in [3.63, 3.8) is 0 Å². The summed E-state index contributed by atoms with van der Waals surface area (Å²) in [6, 6.07) is 2.16. The van der Waals surface area contributed by atoms with E-state index in [2.05, 4.69) is 24.9 Å². The van der Waals surface area contributed by atoms with Crippen LogP contribution in [0, 0.1) is 16.7 Å². The Kier molecular flexibility index (Phi) is 3.30. The summed E-state index contributed by atoms with van der Waals surface area (Å²) in [7, 11) is 0. The third kappa shape index (κ3) is 2.62. The molecule has 1 saturated carbocycles. The molecule has 0 spiro atoms. The predicted octanol–water partition coefficient (Wildman–Crippen LogP) is 3.89. The van der Waals surface area contributed by atoms with Gasteiger partial charge in [0, 0.05) is 11.3 Å². The van der Waals surface area contributed by atoms with Crippen LogP contribution in [0.1, 0.15) is 56.2 Å². The normalized spacial score (nSPS) is 20.6. The van der Waals surface area contributed by atoms with Crippen molar-refractivity contribution in [2.24, 2.45) is 5.41 Å². The van der Waals surface area contributed by atoms with Gasteiger partial charge in [0.1, 0.15) is 0 Å². The maximum Gasteiger partial charge on any atom is 0.0959 e. The van der Waals surface area contributed by atoms with E-state index in [4.69, 9.17) is 5.26 Å². The first kappa shape index (κ1) is 11.6. The highest BCUT2D eigenvalue weighted by atomic mass is 32.1. The van der Waals surface area contributed by atoms with E-state index < -0.39 is 0 Å². The van der Waals surface area contributed by atoms with Gasteiger partial charge in [0.25, 0.3) is 0 Å². The van der Waals surface area contributed by atoms with Crippen LogP contribution in [-0.4, -0.2) is 4.98 Å². The van der Waals surface area contributed by atoms with Crippen molar-refractivity contribution in [1.82, 2.24) is 4.98 Å². The molecule has 3 heteroatoms. The van der Waals surface area contributed by atoms with E-state index in [1.807, 2.05) is 5.38 Å². The van der Waals surface area contributed by atoms with Gasteiger partial charge >= 0.3 is 0 Å². The minimum absolute atomic E-state index is 0.453. The van der Waals surface area contributed by atoms with Gasteiger partial charge < -0.3 is 0 Å². The van der Waals surface area contributed by atoms with E-state index in [0.29, 0.717) is 17.8 Å². The molecule has 0 N–H and O–H groups in total. The molecule has 2 nitrogen and oxygen atoms in total. The predicted molar refractivity (Wildman–Crippen MR) is 66.4 cm³/mol. The average molecular weight is 234 g/mol. The van der Waals surface area contributed by atoms with Crippen LogP contribution in [0.5, 0.6) is 0 Å². The molecule has 1 aliphatic carbocycles. The molecule has 0 bridgehead atoms. The lowest BCUT2D eigenvalue weighted by molar-refractivity contribution is 0.224. The van der Waals surface area contributed by atoms with Gasteiger partial charge in [0.2, 0.25) is 0 Å². The van der Waals surface area contributed by atoms with Crippen molar-refractivity contribution >= 4 is 11.3 Å². The zero-order valence-electron chi connectivity index (χ0n) is 9.99. The summed E-state index contributed by atoms with van der Waals surface area (Å²) in [6.07, 6.45) is 5.56. The Morgan fingerprint density at radius 1 is 1.50 bits per heavy atom. The average Bonchev–Trinajstić information content (AvgIpc) is 2.67. The molecule has 0 aromatic carbocycles. The monoisotopic (exact) mass is 234 g/mol. The molecule has 0 atom stereocenters. The first-order valence-corrected chi connectivity index (χ1v) is 6.80. The van der Waals surface area contributed by atoms with Gasteiger partial charge in [0.05, 0.1) is 23.2 Å². The van der Waals surface area contributed by atoms with Crippen molar-refractivity contribution in [1.29, 1.82) is 5.26 Å². The highest BCUT2D eigenvalue weighted by Gasteiger charge is 2.28. The molecular formula is C13H18N2S. The SMILES string of the molecule is CC1(C)CCC(c2nc(CC#N)cs2)CC1. The maximum absolute atomic E-state index is 8.62. The summed E-state index contributed by atoms with van der Waals surface area (Å²) < 4.78 is 0. The second-order valence-electron chi connectivity index (χ2n) is 5.45. The molecule has 86 valence electrons. The molecule has 1 heterocycles. The number of hydrogen-bond acceptors (Lipinski definition) is 3. The van der Waals surface area contributed by atoms with E-state index in [9.17, 15) is 0 Å². The van der Waals surface area contributed by atoms with Gasteiger partial charge in [0.15, 0.2) is 0 Å². The van der Waals surface area contributed by atoms with Crippen molar-refractivity contribution in [3.8, 4) is 6.07 Å². The standard InChI is InChI=1S/C13H18N2S/c1-13(2)6-3-10(4-7-13)12-15-11(5-8-14)9-16-12/h9-10H,3-7H2,1-2H3. The summed E-state index contributed by atoms with van der Waals surface area (Å²) in [5, 5.41) is 11.9. The Balaban J connectivity index is 2.00. The lowest BCUT2D eigenvalue weighted by Crippen LogP contribution is -2.20. The van der Waals surface area contributed by atoms with Crippen LogP contribution in [0.3, 0.4) is 0 Å². The van der Waals surface area contributed by atoms with Crippen LogP contribution in [0.4, 0.5) is 0 Å². The van der Waals surface area contributed by atoms with Crippen LogP contribution in [-0.2, 0) is 6.42 Å². The zero-order valence-corrected chi connectivity index (χ0v) is 10.8. The molecule has 1 aliphatic rings. The van der Waals surface area contributed by atoms with Crippen LogP contribution in [0.15, 0.2) is 5.38 Å². The number of aromatic nitrogens is 1. The number of nitriles is 1. The molecule has 1 aromatic rings. The molecule has 0 aliphatic heterocycles. The fourth-order valence-electron chi connectivity index (χ4n) is 2.32. The number of nitrogens with zero attached hydrogens (tertiary/aromatic N) is 2. The minimum atomic E-state index is 0.453. The van der Waals surface area contributed by atoms with Crippen molar-refractivity contribution in [3.05, 3.63) is 16.1 Å². The lowest BCUT2D eigenvalue weighted by Gasteiger charge is -2.33. The van der Waals surface area contributed by atoms with Crippen LogP contribution < -0.4 is 0 Å². The smallest absolute Gasteiger partial charge is 0.0959 e. The van der Waals surface area contributed by atoms with Gasteiger partial charge in [-0.2, -0.15) is 5.26 Å². The first-order valence-electron chi connectivity index (χ1n) is 5.92. The summed E-state index contributed by atoms with van der Waals surface area (Å²) in [4.78, 5) is 4.57. The van der Waals surface area contributed by atoms with Gasteiger partial charge in [-0.15, -0.1) is 11.3 Å². The number of rotatable bonds is 2. The molecule has 16 heavy (non-hydrogen) atoms. The molecule has 0 saturated heterocycles. The quantitative estimate of drug-likeness (QED) is 0.778. The number of hydrogen-bond donors (Lipinski definition) is 0. The summed E-state index contributed by atoms with van der Waals surface area (Å²) in [5.41, 5.74) is 1.47. The first-order chi connectivity index (χ1) is 7.61. The fourth-order valence-corrected chi connectivity index (χ4v) is 3.31. The van der Waals surface area contributed by atoms with Gasteiger partial charge in [-0.3, -0.25) is 0 Å². The molecule has 1 fully saturated rings. The maximum atomic E-state index is 8.62. The van der Waals surface area contributed by atoms with E-state index in [0.717, 1.165) is 5.69 Å². The lowest BCUT2D eigenvalue weighted by atomic mass is 9.73. The molecule has 1 aromatic heterocycles. The van der Waals surface area contributed by atoms with Gasteiger partial charge in [-0.05, 0) is 31.1 Å². The number of thiazole rings is 1. The molecular weight excluding hydrogens is 216 g/mol. The van der Waals surface area contributed by atoms with Gasteiger partial charge in [-0.25, -0.2) is 4.98 Å². The molecule has 0 unspecified atom stereocenters. The van der Waals surface area contributed by atoms with Crippen molar-refractivity contribution in [2.75, 3.05) is 0 Å². The van der Waals surface area contributed by atoms with Crippen LogP contribution in [0.25, 0.3) is 0 Å². The zero-order chi connectivity index (χ0) is 11.6. The van der Waals surface area contributed by atoms with Crippen molar-refractivity contribution in [2.45, 2.75) is 51.9 Å². The molecule has 0 amide bonds. The second-order valence-corrected chi connectivity index (χ2v) is 6.34.